The zero-order valence-electron chi connectivity index (χ0n) is 14.4. The first-order valence-corrected chi connectivity index (χ1v) is 8.92. The second kappa shape index (κ2) is 7.35. The fraction of sp³-hybridized carbons (Fsp3) is 0.632. The Morgan fingerprint density at radius 1 is 1.26 bits per heavy atom. The summed E-state index contributed by atoms with van der Waals surface area (Å²) in [5.41, 5.74) is 2.91. The van der Waals surface area contributed by atoms with Gasteiger partial charge in [-0.1, -0.05) is 24.3 Å². The van der Waals surface area contributed by atoms with Crippen molar-refractivity contribution in [2.75, 3.05) is 26.3 Å². The smallest absolute Gasteiger partial charge is 0.191 e. The molecule has 0 atom stereocenters. The Kier molecular flexibility index (Phi) is 5.21. The van der Waals surface area contributed by atoms with Crippen LogP contribution in [0.1, 0.15) is 43.7 Å². The van der Waals surface area contributed by atoms with Crippen molar-refractivity contribution in [2.24, 2.45) is 4.99 Å². The van der Waals surface area contributed by atoms with Gasteiger partial charge in [0.2, 0.25) is 0 Å². The normalized spacial score (nSPS) is 21.0. The molecule has 0 aromatic heterocycles. The lowest BCUT2D eigenvalue weighted by atomic mass is 9.72. The van der Waals surface area contributed by atoms with E-state index in [-0.39, 0.29) is 5.41 Å². The van der Waals surface area contributed by atoms with Crippen LogP contribution < -0.4 is 10.6 Å². The molecule has 1 aliphatic carbocycles. The second-order valence-electron chi connectivity index (χ2n) is 6.82. The third-order valence-electron chi connectivity index (χ3n) is 4.97. The maximum atomic E-state index is 5.64. The Morgan fingerprint density at radius 3 is 2.65 bits per heavy atom. The van der Waals surface area contributed by atoms with Crippen LogP contribution in [0, 0.1) is 6.92 Å². The molecule has 1 saturated carbocycles. The number of ether oxygens (including phenoxy) is 1. The first-order chi connectivity index (χ1) is 11.2. The average Bonchev–Trinajstić information content (AvgIpc) is 3.38. The summed E-state index contributed by atoms with van der Waals surface area (Å²) in [5.74, 6) is 0.967. The van der Waals surface area contributed by atoms with Crippen molar-refractivity contribution in [1.29, 1.82) is 0 Å². The molecular weight excluding hydrogens is 286 g/mol. The quantitative estimate of drug-likeness (QED) is 0.649. The second-order valence-corrected chi connectivity index (χ2v) is 6.82. The topological polar surface area (TPSA) is 45.7 Å². The number of nitrogens with zero attached hydrogens (tertiary/aromatic N) is 1. The van der Waals surface area contributed by atoms with Gasteiger partial charge in [-0.05, 0) is 50.7 Å². The molecule has 0 spiro atoms. The Morgan fingerprint density at radius 2 is 2.00 bits per heavy atom. The van der Waals surface area contributed by atoms with Crippen LogP contribution >= 0.6 is 0 Å². The van der Waals surface area contributed by atoms with Crippen molar-refractivity contribution >= 4 is 5.96 Å². The molecule has 3 rings (SSSR count). The van der Waals surface area contributed by atoms with Crippen LogP contribution in [0.4, 0.5) is 0 Å². The highest BCUT2D eigenvalue weighted by molar-refractivity contribution is 5.80. The molecule has 2 N–H and O–H groups in total. The first kappa shape index (κ1) is 16.3. The van der Waals surface area contributed by atoms with E-state index >= 15 is 0 Å². The first-order valence-electron chi connectivity index (χ1n) is 8.92. The SMILES string of the molecule is CCNC(=NCC1(c2ccccc2C)CCOCC1)NC1CC1. The number of hydrogen-bond acceptors (Lipinski definition) is 2. The van der Waals surface area contributed by atoms with Crippen molar-refractivity contribution in [1.82, 2.24) is 10.6 Å². The van der Waals surface area contributed by atoms with E-state index in [4.69, 9.17) is 9.73 Å². The van der Waals surface area contributed by atoms with E-state index in [1.54, 1.807) is 0 Å². The van der Waals surface area contributed by atoms with Gasteiger partial charge < -0.3 is 15.4 Å². The van der Waals surface area contributed by atoms with Gasteiger partial charge in [-0.3, -0.25) is 4.99 Å². The van der Waals surface area contributed by atoms with Crippen LogP contribution in [0.5, 0.6) is 0 Å². The number of guanidine groups is 1. The van der Waals surface area contributed by atoms with Gasteiger partial charge >= 0.3 is 0 Å². The summed E-state index contributed by atoms with van der Waals surface area (Å²) in [6.45, 7) is 7.72. The van der Waals surface area contributed by atoms with E-state index in [0.717, 1.165) is 45.1 Å². The summed E-state index contributed by atoms with van der Waals surface area (Å²) in [6.07, 6.45) is 4.62. The van der Waals surface area contributed by atoms with Crippen molar-refractivity contribution in [2.45, 2.75) is 51.0 Å². The van der Waals surface area contributed by atoms with Crippen molar-refractivity contribution in [3.8, 4) is 0 Å². The number of aliphatic imine (C=N–C) groups is 1. The van der Waals surface area contributed by atoms with Crippen LogP contribution in [0.2, 0.25) is 0 Å². The zero-order chi connectivity index (χ0) is 16.1. The molecule has 23 heavy (non-hydrogen) atoms. The molecule has 1 aromatic carbocycles. The minimum Gasteiger partial charge on any atom is -0.381 e. The zero-order valence-corrected chi connectivity index (χ0v) is 14.4. The van der Waals surface area contributed by atoms with Crippen LogP contribution in [-0.2, 0) is 10.2 Å². The molecule has 2 fully saturated rings. The van der Waals surface area contributed by atoms with Gasteiger partial charge in [0.1, 0.15) is 0 Å². The van der Waals surface area contributed by atoms with E-state index in [9.17, 15) is 0 Å². The summed E-state index contributed by atoms with van der Waals surface area (Å²) in [5, 5.41) is 6.91. The minimum atomic E-state index is 0.107. The Hall–Kier alpha value is -1.55. The Labute approximate surface area is 139 Å². The predicted molar refractivity (Wildman–Crippen MR) is 95.0 cm³/mol. The van der Waals surface area contributed by atoms with Crippen molar-refractivity contribution in [3.05, 3.63) is 35.4 Å². The number of rotatable bonds is 5. The maximum absolute atomic E-state index is 5.64. The molecule has 0 unspecified atom stereocenters. The summed E-state index contributed by atoms with van der Waals surface area (Å²) in [7, 11) is 0. The van der Waals surface area contributed by atoms with E-state index in [1.165, 1.54) is 24.0 Å². The number of aryl methyl sites for hydroxylation is 1. The lowest BCUT2D eigenvalue weighted by Gasteiger charge is -2.37. The molecule has 1 saturated heterocycles. The highest BCUT2D eigenvalue weighted by Crippen LogP contribution is 2.37. The standard InChI is InChI=1S/C19H29N3O/c1-3-20-18(22-16-8-9-16)21-14-19(10-12-23-13-11-19)17-7-5-4-6-15(17)2/h4-7,16H,3,8-14H2,1-2H3,(H2,20,21,22). The fourth-order valence-electron chi connectivity index (χ4n) is 3.41. The van der Waals surface area contributed by atoms with Crippen LogP contribution in [-0.4, -0.2) is 38.3 Å². The van der Waals surface area contributed by atoms with Crippen molar-refractivity contribution in [3.63, 3.8) is 0 Å². The average molecular weight is 315 g/mol. The van der Waals surface area contributed by atoms with E-state index in [1.807, 2.05) is 0 Å². The van der Waals surface area contributed by atoms with Crippen LogP contribution in [0.15, 0.2) is 29.3 Å². The Balaban J connectivity index is 1.82. The number of benzene rings is 1. The lowest BCUT2D eigenvalue weighted by Crippen LogP contribution is -2.42. The molecule has 4 nitrogen and oxygen atoms in total. The molecular formula is C19H29N3O. The fourth-order valence-corrected chi connectivity index (χ4v) is 3.41. The summed E-state index contributed by atoms with van der Waals surface area (Å²) < 4.78 is 5.64. The highest BCUT2D eigenvalue weighted by atomic mass is 16.5. The maximum Gasteiger partial charge on any atom is 0.191 e. The number of hydrogen-bond donors (Lipinski definition) is 2. The van der Waals surface area contributed by atoms with Gasteiger partial charge in [0, 0.05) is 31.2 Å². The molecule has 0 bridgehead atoms. The van der Waals surface area contributed by atoms with Crippen LogP contribution in [0.3, 0.4) is 0 Å². The van der Waals surface area contributed by atoms with Gasteiger partial charge in [-0.25, -0.2) is 0 Å². The molecule has 126 valence electrons. The van der Waals surface area contributed by atoms with Crippen LogP contribution in [0.25, 0.3) is 0 Å². The molecule has 2 aliphatic rings. The highest BCUT2D eigenvalue weighted by Gasteiger charge is 2.35. The Bertz CT molecular complexity index is 545. The van der Waals surface area contributed by atoms with Crippen molar-refractivity contribution < 1.29 is 4.74 Å². The third-order valence-corrected chi connectivity index (χ3v) is 4.97. The van der Waals surface area contributed by atoms with E-state index in [0.29, 0.717) is 6.04 Å². The summed E-state index contributed by atoms with van der Waals surface area (Å²) in [6, 6.07) is 9.38. The summed E-state index contributed by atoms with van der Waals surface area (Å²) >= 11 is 0. The lowest BCUT2D eigenvalue weighted by molar-refractivity contribution is 0.0529. The molecule has 4 heteroatoms. The minimum absolute atomic E-state index is 0.107. The molecule has 0 radical (unpaired) electrons. The van der Waals surface area contributed by atoms with Gasteiger partial charge in [0.15, 0.2) is 5.96 Å². The monoisotopic (exact) mass is 315 g/mol. The molecule has 1 aliphatic heterocycles. The molecule has 1 aromatic rings. The summed E-state index contributed by atoms with van der Waals surface area (Å²) in [4.78, 5) is 4.95. The largest absolute Gasteiger partial charge is 0.381 e. The van der Waals surface area contributed by atoms with Gasteiger partial charge in [0.05, 0.1) is 6.54 Å². The van der Waals surface area contributed by atoms with Gasteiger partial charge in [-0.2, -0.15) is 0 Å². The van der Waals surface area contributed by atoms with Gasteiger partial charge in [-0.15, -0.1) is 0 Å². The van der Waals surface area contributed by atoms with Gasteiger partial charge in [0.25, 0.3) is 0 Å². The number of nitrogens with one attached hydrogen (secondary N) is 2. The molecule has 1 heterocycles. The van der Waals surface area contributed by atoms with E-state index in [2.05, 4.69) is 48.7 Å². The molecule has 0 amide bonds. The third kappa shape index (κ3) is 4.05. The predicted octanol–water partition coefficient (Wildman–Crippen LogP) is 2.76. The van der Waals surface area contributed by atoms with E-state index < -0.39 is 0 Å².